The molecule has 0 spiro atoms. The fourth-order valence-electron chi connectivity index (χ4n) is 2.71. The lowest BCUT2D eigenvalue weighted by Crippen LogP contribution is -2.17. The van der Waals surface area contributed by atoms with E-state index in [4.69, 9.17) is 28.9 Å². The monoisotopic (exact) mass is 271 g/mol. The Kier molecular flexibility index (Phi) is 4.72. The maximum Gasteiger partial charge on any atom is 0.0454 e. The molecule has 17 heavy (non-hydrogen) atoms. The van der Waals surface area contributed by atoms with Gasteiger partial charge in [0.1, 0.15) is 0 Å². The average molecular weight is 272 g/mol. The molecule has 94 valence electrons. The van der Waals surface area contributed by atoms with Gasteiger partial charge in [0.15, 0.2) is 0 Å². The van der Waals surface area contributed by atoms with Gasteiger partial charge in [-0.15, -0.1) is 0 Å². The number of rotatable bonds is 3. The van der Waals surface area contributed by atoms with E-state index in [1.807, 2.05) is 12.1 Å². The Morgan fingerprint density at radius 1 is 1.18 bits per heavy atom. The van der Waals surface area contributed by atoms with E-state index in [0.717, 1.165) is 22.9 Å². The van der Waals surface area contributed by atoms with E-state index in [2.05, 4.69) is 0 Å². The van der Waals surface area contributed by atoms with Gasteiger partial charge in [0.25, 0.3) is 0 Å². The maximum atomic E-state index is 6.25. The van der Waals surface area contributed by atoms with Gasteiger partial charge in [0, 0.05) is 16.1 Å². The molecule has 0 aromatic heterocycles. The highest BCUT2D eigenvalue weighted by molar-refractivity contribution is 6.33. The van der Waals surface area contributed by atoms with Gasteiger partial charge in [-0.3, -0.25) is 0 Å². The van der Waals surface area contributed by atoms with Crippen LogP contribution in [0.1, 0.15) is 50.1 Å². The van der Waals surface area contributed by atoms with Gasteiger partial charge >= 0.3 is 0 Å². The topological polar surface area (TPSA) is 26.0 Å². The van der Waals surface area contributed by atoms with Gasteiger partial charge in [-0.2, -0.15) is 0 Å². The van der Waals surface area contributed by atoms with Crippen molar-refractivity contribution < 1.29 is 0 Å². The van der Waals surface area contributed by atoms with Crippen molar-refractivity contribution in [2.24, 2.45) is 11.7 Å². The lowest BCUT2D eigenvalue weighted by Gasteiger charge is -2.25. The van der Waals surface area contributed by atoms with Crippen LogP contribution in [-0.2, 0) is 0 Å². The summed E-state index contributed by atoms with van der Waals surface area (Å²) in [7, 11) is 0. The van der Waals surface area contributed by atoms with Crippen molar-refractivity contribution in [3.05, 3.63) is 33.8 Å². The van der Waals surface area contributed by atoms with Crippen molar-refractivity contribution in [3.8, 4) is 0 Å². The summed E-state index contributed by atoms with van der Waals surface area (Å²) < 4.78 is 0. The van der Waals surface area contributed by atoms with E-state index in [1.54, 1.807) is 6.07 Å². The molecular formula is C14H19Cl2N. The standard InChI is InChI=1S/C14H19Cl2N/c15-11-6-7-13(16)12(9-11)14(17)8-10-4-2-1-3-5-10/h6-7,9-10,14H,1-5,8,17H2. The lowest BCUT2D eigenvalue weighted by molar-refractivity contribution is 0.319. The van der Waals surface area contributed by atoms with Crippen molar-refractivity contribution >= 4 is 23.2 Å². The fourth-order valence-corrected chi connectivity index (χ4v) is 3.15. The quantitative estimate of drug-likeness (QED) is 0.826. The molecular weight excluding hydrogens is 253 g/mol. The zero-order chi connectivity index (χ0) is 12.3. The van der Waals surface area contributed by atoms with Crippen LogP contribution in [0.15, 0.2) is 18.2 Å². The summed E-state index contributed by atoms with van der Waals surface area (Å²) >= 11 is 12.2. The second kappa shape index (κ2) is 6.08. The summed E-state index contributed by atoms with van der Waals surface area (Å²) in [5.74, 6) is 0.758. The molecule has 2 N–H and O–H groups in total. The third-order valence-electron chi connectivity index (χ3n) is 3.67. The SMILES string of the molecule is NC(CC1CCCCC1)c1cc(Cl)ccc1Cl. The van der Waals surface area contributed by atoms with E-state index in [-0.39, 0.29) is 6.04 Å². The van der Waals surface area contributed by atoms with Gasteiger partial charge in [-0.25, -0.2) is 0 Å². The number of halogens is 2. The molecule has 1 unspecified atom stereocenters. The van der Waals surface area contributed by atoms with Gasteiger partial charge in [-0.1, -0.05) is 55.3 Å². The fraction of sp³-hybridized carbons (Fsp3) is 0.571. The Hall–Kier alpha value is -0.240. The summed E-state index contributed by atoms with van der Waals surface area (Å²) in [6.07, 6.45) is 7.73. The third kappa shape index (κ3) is 3.61. The van der Waals surface area contributed by atoms with Crippen molar-refractivity contribution in [1.82, 2.24) is 0 Å². The van der Waals surface area contributed by atoms with E-state index in [1.165, 1.54) is 32.1 Å². The number of nitrogens with two attached hydrogens (primary N) is 1. The summed E-state index contributed by atoms with van der Waals surface area (Å²) in [5, 5.41) is 1.45. The molecule has 0 saturated heterocycles. The molecule has 2 rings (SSSR count). The van der Waals surface area contributed by atoms with Crippen LogP contribution in [0.3, 0.4) is 0 Å². The minimum Gasteiger partial charge on any atom is -0.324 e. The molecule has 1 aliphatic rings. The van der Waals surface area contributed by atoms with E-state index < -0.39 is 0 Å². The first-order chi connectivity index (χ1) is 8.16. The van der Waals surface area contributed by atoms with E-state index in [0.29, 0.717) is 5.02 Å². The van der Waals surface area contributed by atoms with Crippen LogP contribution in [0.25, 0.3) is 0 Å². The van der Waals surface area contributed by atoms with Crippen molar-refractivity contribution in [1.29, 1.82) is 0 Å². The Labute approximate surface area is 113 Å². The van der Waals surface area contributed by atoms with Crippen LogP contribution in [0.4, 0.5) is 0 Å². The maximum absolute atomic E-state index is 6.25. The molecule has 0 bridgehead atoms. The van der Waals surface area contributed by atoms with Crippen LogP contribution in [0.5, 0.6) is 0 Å². The molecule has 1 saturated carbocycles. The second-order valence-electron chi connectivity index (χ2n) is 5.01. The zero-order valence-electron chi connectivity index (χ0n) is 9.96. The largest absolute Gasteiger partial charge is 0.324 e. The molecule has 0 amide bonds. The smallest absolute Gasteiger partial charge is 0.0454 e. The van der Waals surface area contributed by atoms with Crippen molar-refractivity contribution in [2.45, 2.75) is 44.6 Å². The van der Waals surface area contributed by atoms with Gasteiger partial charge < -0.3 is 5.73 Å². The highest BCUT2D eigenvalue weighted by atomic mass is 35.5. The number of hydrogen-bond donors (Lipinski definition) is 1. The molecule has 0 aliphatic heterocycles. The average Bonchev–Trinajstić information content (AvgIpc) is 2.33. The molecule has 0 radical (unpaired) electrons. The van der Waals surface area contributed by atoms with Gasteiger partial charge in [0.2, 0.25) is 0 Å². The molecule has 1 fully saturated rings. The molecule has 1 atom stereocenters. The molecule has 1 aromatic carbocycles. The summed E-state index contributed by atoms with van der Waals surface area (Å²) in [5.41, 5.74) is 7.24. The van der Waals surface area contributed by atoms with Crippen LogP contribution < -0.4 is 5.73 Å². The Morgan fingerprint density at radius 2 is 1.88 bits per heavy atom. The normalized spacial score (nSPS) is 19.2. The predicted octanol–water partition coefficient (Wildman–Crippen LogP) is 4.96. The lowest BCUT2D eigenvalue weighted by atomic mass is 9.83. The van der Waals surface area contributed by atoms with Crippen LogP contribution in [-0.4, -0.2) is 0 Å². The van der Waals surface area contributed by atoms with E-state index >= 15 is 0 Å². The van der Waals surface area contributed by atoms with Crippen LogP contribution >= 0.6 is 23.2 Å². The first kappa shape index (κ1) is 13.2. The zero-order valence-corrected chi connectivity index (χ0v) is 11.5. The Bertz CT molecular complexity index is 372. The highest BCUT2D eigenvalue weighted by Gasteiger charge is 2.19. The Balaban J connectivity index is 2.02. The molecule has 0 heterocycles. The van der Waals surface area contributed by atoms with Crippen LogP contribution in [0.2, 0.25) is 10.0 Å². The molecule has 1 aromatic rings. The van der Waals surface area contributed by atoms with Crippen molar-refractivity contribution in [2.75, 3.05) is 0 Å². The predicted molar refractivity (Wildman–Crippen MR) is 74.6 cm³/mol. The van der Waals surface area contributed by atoms with Crippen molar-refractivity contribution in [3.63, 3.8) is 0 Å². The van der Waals surface area contributed by atoms with Crippen LogP contribution in [0, 0.1) is 5.92 Å². The number of hydrogen-bond acceptors (Lipinski definition) is 1. The Morgan fingerprint density at radius 3 is 2.59 bits per heavy atom. The molecule has 1 nitrogen and oxygen atoms in total. The van der Waals surface area contributed by atoms with Gasteiger partial charge in [0.05, 0.1) is 0 Å². The minimum absolute atomic E-state index is 0.0179. The highest BCUT2D eigenvalue weighted by Crippen LogP contribution is 2.33. The van der Waals surface area contributed by atoms with E-state index in [9.17, 15) is 0 Å². The molecule has 1 aliphatic carbocycles. The first-order valence-electron chi connectivity index (χ1n) is 6.37. The second-order valence-corrected chi connectivity index (χ2v) is 5.86. The minimum atomic E-state index is 0.0179. The molecule has 3 heteroatoms. The third-order valence-corrected chi connectivity index (χ3v) is 4.25. The first-order valence-corrected chi connectivity index (χ1v) is 7.13. The summed E-state index contributed by atoms with van der Waals surface area (Å²) in [6.45, 7) is 0. The van der Waals surface area contributed by atoms with Gasteiger partial charge in [-0.05, 0) is 36.1 Å². The number of benzene rings is 1. The summed E-state index contributed by atoms with van der Waals surface area (Å²) in [4.78, 5) is 0. The summed E-state index contributed by atoms with van der Waals surface area (Å²) in [6, 6.07) is 5.56.